The standard InChI is InChI=1S/C22H22Cl2N2O3/c1-27-18-8-6-17(7-9-18)26-21(15-5-10-19(23)20(24)12-15)13-16(25-26)14-29-22-4-2-3-11-28-22/h5-10,12-13,22H,2-4,11,14H2,1H3. The highest BCUT2D eigenvalue weighted by molar-refractivity contribution is 6.42. The molecule has 0 amide bonds. The number of nitrogens with zero attached hydrogens (tertiary/aromatic N) is 2. The average Bonchev–Trinajstić information content (AvgIpc) is 3.19. The van der Waals surface area contributed by atoms with Crippen LogP contribution in [0.5, 0.6) is 5.75 Å². The van der Waals surface area contributed by atoms with Crippen molar-refractivity contribution in [2.45, 2.75) is 32.2 Å². The average molecular weight is 433 g/mol. The SMILES string of the molecule is COc1ccc(-n2nc(COC3CCCCO3)cc2-c2ccc(Cl)c(Cl)c2)cc1. The highest BCUT2D eigenvalue weighted by atomic mass is 35.5. The minimum atomic E-state index is -0.164. The Morgan fingerprint density at radius 3 is 2.59 bits per heavy atom. The van der Waals surface area contributed by atoms with Crippen LogP contribution < -0.4 is 4.74 Å². The Morgan fingerprint density at radius 2 is 1.90 bits per heavy atom. The lowest BCUT2D eigenvalue weighted by Crippen LogP contribution is -2.22. The van der Waals surface area contributed by atoms with Crippen molar-refractivity contribution in [2.24, 2.45) is 0 Å². The third-order valence-corrected chi connectivity index (χ3v) is 5.59. The Balaban J connectivity index is 1.66. The summed E-state index contributed by atoms with van der Waals surface area (Å²) in [6.07, 6.45) is 2.97. The van der Waals surface area contributed by atoms with Crippen molar-refractivity contribution in [3.05, 3.63) is 64.3 Å². The molecule has 0 N–H and O–H groups in total. The molecule has 0 bridgehead atoms. The van der Waals surface area contributed by atoms with E-state index in [0.29, 0.717) is 16.7 Å². The molecule has 2 heterocycles. The third-order valence-electron chi connectivity index (χ3n) is 4.85. The Labute approximate surface area is 180 Å². The monoisotopic (exact) mass is 432 g/mol. The molecule has 1 saturated heterocycles. The zero-order valence-electron chi connectivity index (χ0n) is 16.1. The molecule has 152 valence electrons. The van der Waals surface area contributed by atoms with Gasteiger partial charge in [0, 0.05) is 12.2 Å². The molecule has 0 spiro atoms. The third kappa shape index (κ3) is 4.75. The second kappa shape index (κ2) is 9.18. The topological polar surface area (TPSA) is 45.5 Å². The summed E-state index contributed by atoms with van der Waals surface area (Å²) in [6, 6.07) is 15.3. The summed E-state index contributed by atoms with van der Waals surface area (Å²) in [5, 5.41) is 5.79. The number of hydrogen-bond donors (Lipinski definition) is 0. The quantitative estimate of drug-likeness (QED) is 0.486. The van der Waals surface area contributed by atoms with Crippen LogP contribution in [0.25, 0.3) is 16.9 Å². The molecule has 1 unspecified atom stereocenters. The van der Waals surface area contributed by atoms with Crippen LogP contribution in [0.4, 0.5) is 0 Å². The van der Waals surface area contributed by atoms with E-state index in [1.807, 2.05) is 47.1 Å². The fraction of sp³-hybridized carbons (Fsp3) is 0.318. The normalized spacial score (nSPS) is 16.7. The predicted octanol–water partition coefficient (Wildman–Crippen LogP) is 5.90. The molecule has 0 aliphatic carbocycles. The Bertz CT molecular complexity index is 967. The molecule has 0 saturated carbocycles. The minimum absolute atomic E-state index is 0.164. The highest BCUT2D eigenvalue weighted by Gasteiger charge is 2.17. The molecule has 1 atom stereocenters. The maximum absolute atomic E-state index is 6.25. The lowest BCUT2D eigenvalue weighted by atomic mass is 10.1. The predicted molar refractivity (Wildman–Crippen MR) is 114 cm³/mol. The van der Waals surface area contributed by atoms with Crippen LogP contribution in [-0.2, 0) is 16.1 Å². The van der Waals surface area contributed by atoms with E-state index in [1.165, 1.54) is 0 Å². The van der Waals surface area contributed by atoms with Gasteiger partial charge in [-0.15, -0.1) is 0 Å². The Kier molecular flexibility index (Phi) is 6.40. The maximum Gasteiger partial charge on any atom is 0.158 e. The smallest absolute Gasteiger partial charge is 0.158 e. The van der Waals surface area contributed by atoms with Crippen LogP contribution >= 0.6 is 23.2 Å². The van der Waals surface area contributed by atoms with Crippen molar-refractivity contribution in [2.75, 3.05) is 13.7 Å². The molecule has 0 radical (unpaired) electrons. The first-order chi connectivity index (χ1) is 14.1. The van der Waals surface area contributed by atoms with E-state index in [-0.39, 0.29) is 6.29 Å². The summed E-state index contributed by atoms with van der Waals surface area (Å²) in [5.74, 6) is 0.787. The van der Waals surface area contributed by atoms with E-state index >= 15 is 0 Å². The van der Waals surface area contributed by atoms with Crippen LogP contribution in [0.3, 0.4) is 0 Å². The van der Waals surface area contributed by atoms with Crippen LogP contribution in [-0.4, -0.2) is 29.8 Å². The highest BCUT2D eigenvalue weighted by Crippen LogP contribution is 2.31. The number of benzene rings is 2. The van der Waals surface area contributed by atoms with Crippen molar-refractivity contribution in [3.8, 4) is 22.7 Å². The molecule has 29 heavy (non-hydrogen) atoms. The first-order valence-electron chi connectivity index (χ1n) is 9.56. The molecule has 1 fully saturated rings. The fourth-order valence-corrected chi connectivity index (χ4v) is 3.60. The van der Waals surface area contributed by atoms with Crippen LogP contribution in [0, 0.1) is 0 Å². The van der Waals surface area contributed by atoms with E-state index in [0.717, 1.165) is 54.3 Å². The summed E-state index contributed by atoms with van der Waals surface area (Å²) in [4.78, 5) is 0. The van der Waals surface area contributed by atoms with Crippen molar-refractivity contribution in [3.63, 3.8) is 0 Å². The molecule has 1 aliphatic heterocycles. The van der Waals surface area contributed by atoms with Crippen molar-refractivity contribution in [1.29, 1.82) is 0 Å². The Morgan fingerprint density at radius 1 is 1.07 bits per heavy atom. The largest absolute Gasteiger partial charge is 0.497 e. The first kappa shape index (κ1) is 20.2. The Hall–Kier alpha value is -2.05. The van der Waals surface area contributed by atoms with Gasteiger partial charge in [-0.25, -0.2) is 4.68 Å². The lowest BCUT2D eigenvalue weighted by Gasteiger charge is -2.22. The van der Waals surface area contributed by atoms with E-state index in [1.54, 1.807) is 13.2 Å². The summed E-state index contributed by atoms with van der Waals surface area (Å²) < 4.78 is 18.7. The second-order valence-corrected chi connectivity index (χ2v) is 7.68. The summed E-state index contributed by atoms with van der Waals surface area (Å²) >= 11 is 12.3. The van der Waals surface area contributed by atoms with Crippen LogP contribution in [0.1, 0.15) is 25.0 Å². The molecule has 1 aromatic heterocycles. The van der Waals surface area contributed by atoms with Crippen LogP contribution in [0.15, 0.2) is 48.5 Å². The molecular weight excluding hydrogens is 411 g/mol. The number of hydrogen-bond acceptors (Lipinski definition) is 4. The molecule has 4 rings (SSSR count). The van der Waals surface area contributed by atoms with Crippen molar-refractivity contribution in [1.82, 2.24) is 9.78 Å². The van der Waals surface area contributed by atoms with E-state index < -0.39 is 0 Å². The van der Waals surface area contributed by atoms with Gasteiger partial charge >= 0.3 is 0 Å². The molecule has 3 aromatic rings. The van der Waals surface area contributed by atoms with Gasteiger partial charge in [0.25, 0.3) is 0 Å². The van der Waals surface area contributed by atoms with Gasteiger partial charge in [0.05, 0.1) is 40.8 Å². The van der Waals surface area contributed by atoms with Crippen molar-refractivity contribution >= 4 is 23.2 Å². The minimum Gasteiger partial charge on any atom is -0.497 e. The lowest BCUT2D eigenvalue weighted by molar-refractivity contribution is -0.169. The molecular formula is C22H22Cl2N2O3. The molecule has 1 aliphatic rings. The summed E-state index contributed by atoms with van der Waals surface area (Å²) in [5.41, 5.74) is 3.54. The van der Waals surface area contributed by atoms with E-state index in [4.69, 9.17) is 42.5 Å². The molecule has 2 aromatic carbocycles. The number of rotatable bonds is 6. The molecule has 5 nitrogen and oxygen atoms in total. The number of methoxy groups -OCH3 is 1. The summed E-state index contributed by atoms with van der Waals surface area (Å²) in [6.45, 7) is 1.13. The first-order valence-corrected chi connectivity index (χ1v) is 10.3. The van der Waals surface area contributed by atoms with E-state index in [2.05, 4.69) is 0 Å². The van der Waals surface area contributed by atoms with Gasteiger partial charge in [-0.1, -0.05) is 29.3 Å². The number of aromatic nitrogens is 2. The van der Waals surface area contributed by atoms with Gasteiger partial charge in [0.2, 0.25) is 0 Å². The van der Waals surface area contributed by atoms with Gasteiger partial charge < -0.3 is 14.2 Å². The summed E-state index contributed by atoms with van der Waals surface area (Å²) in [7, 11) is 1.65. The van der Waals surface area contributed by atoms with E-state index in [9.17, 15) is 0 Å². The zero-order chi connectivity index (χ0) is 20.2. The fourth-order valence-electron chi connectivity index (χ4n) is 3.30. The maximum atomic E-state index is 6.25. The van der Waals surface area contributed by atoms with Gasteiger partial charge in [0.15, 0.2) is 6.29 Å². The van der Waals surface area contributed by atoms with Gasteiger partial charge in [-0.2, -0.15) is 5.10 Å². The number of ether oxygens (including phenoxy) is 3. The van der Waals surface area contributed by atoms with Crippen LogP contribution in [0.2, 0.25) is 10.0 Å². The van der Waals surface area contributed by atoms with Crippen molar-refractivity contribution < 1.29 is 14.2 Å². The zero-order valence-corrected chi connectivity index (χ0v) is 17.6. The second-order valence-electron chi connectivity index (χ2n) is 6.87. The van der Waals surface area contributed by atoms with Gasteiger partial charge in [-0.3, -0.25) is 0 Å². The molecule has 7 heteroatoms. The van der Waals surface area contributed by atoms with Gasteiger partial charge in [-0.05, 0) is 61.7 Å². The number of halogens is 2. The van der Waals surface area contributed by atoms with Gasteiger partial charge in [0.1, 0.15) is 5.75 Å².